The molecule has 0 fully saturated rings. The minimum atomic E-state index is -3.45. The Balaban J connectivity index is 0.00000576. The Bertz CT molecular complexity index is 643. The van der Waals surface area contributed by atoms with Crippen LogP contribution in [0.3, 0.4) is 0 Å². The quantitative estimate of drug-likeness (QED) is 0.339. The zero-order chi connectivity index (χ0) is 18.3. The van der Waals surface area contributed by atoms with Gasteiger partial charge in [-0.1, -0.05) is 26.0 Å². The number of benzene rings is 1. The average molecular weight is 482 g/mol. The van der Waals surface area contributed by atoms with Crippen molar-refractivity contribution in [3.8, 4) is 0 Å². The standard InChI is InChI=1S/C17H30N4O2S.HI/c1-13(2)10-11-19-17(18)20-12-15-6-8-16(9-7-15)24(22,23)21(5)14(3)4;/h6-9,13-14H,10-12H2,1-5H3,(H3,18,19,20);1H. The molecule has 0 saturated heterocycles. The van der Waals surface area contributed by atoms with E-state index in [1.54, 1.807) is 31.3 Å². The molecule has 144 valence electrons. The molecule has 0 aliphatic rings. The number of nitrogens with two attached hydrogens (primary N) is 1. The van der Waals surface area contributed by atoms with Crippen molar-refractivity contribution < 1.29 is 8.42 Å². The molecule has 0 saturated carbocycles. The lowest BCUT2D eigenvalue weighted by Crippen LogP contribution is -2.33. The Morgan fingerprint density at radius 1 is 1.20 bits per heavy atom. The normalized spacial score (nSPS) is 12.6. The summed E-state index contributed by atoms with van der Waals surface area (Å²) < 4.78 is 26.1. The molecule has 0 aliphatic carbocycles. The fourth-order valence-electron chi connectivity index (χ4n) is 1.93. The number of hydrogen-bond donors (Lipinski definition) is 2. The van der Waals surface area contributed by atoms with Crippen molar-refractivity contribution in [1.82, 2.24) is 9.62 Å². The molecule has 0 atom stereocenters. The first-order valence-electron chi connectivity index (χ1n) is 8.25. The van der Waals surface area contributed by atoms with Gasteiger partial charge < -0.3 is 11.1 Å². The van der Waals surface area contributed by atoms with E-state index in [4.69, 9.17) is 5.73 Å². The van der Waals surface area contributed by atoms with Gasteiger partial charge in [0.2, 0.25) is 10.0 Å². The first kappa shape index (κ1) is 24.1. The van der Waals surface area contributed by atoms with Crippen molar-refractivity contribution in [2.45, 2.75) is 51.6 Å². The zero-order valence-corrected chi connectivity index (χ0v) is 18.8. The van der Waals surface area contributed by atoms with Gasteiger partial charge in [0, 0.05) is 19.6 Å². The van der Waals surface area contributed by atoms with E-state index in [2.05, 4.69) is 24.2 Å². The number of halogens is 1. The van der Waals surface area contributed by atoms with Gasteiger partial charge in [-0.2, -0.15) is 4.31 Å². The molecule has 0 aromatic heterocycles. The predicted molar refractivity (Wildman–Crippen MR) is 115 cm³/mol. The largest absolute Gasteiger partial charge is 0.370 e. The van der Waals surface area contributed by atoms with E-state index in [9.17, 15) is 8.42 Å². The number of guanidine groups is 1. The van der Waals surface area contributed by atoms with Gasteiger partial charge in [0.15, 0.2) is 5.96 Å². The monoisotopic (exact) mass is 482 g/mol. The van der Waals surface area contributed by atoms with Gasteiger partial charge in [-0.25, -0.2) is 13.4 Å². The predicted octanol–water partition coefficient (Wildman–Crippen LogP) is 2.78. The van der Waals surface area contributed by atoms with Gasteiger partial charge in [-0.3, -0.25) is 0 Å². The molecule has 1 aromatic carbocycles. The van der Waals surface area contributed by atoms with E-state index in [0.717, 1.165) is 18.5 Å². The Hall–Kier alpha value is -0.870. The summed E-state index contributed by atoms with van der Waals surface area (Å²) in [6.45, 7) is 9.21. The molecule has 0 radical (unpaired) electrons. The van der Waals surface area contributed by atoms with Crippen LogP contribution in [0, 0.1) is 5.92 Å². The van der Waals surface area contributed by atoms with E-state index < -0.39 is 10.0 Å². The van der Waals surface area contributed by atoms with Gasteiger partial charge >= 0.3 is 0 Å². The van der Waals surface area contributed by atoms with Crippen LogP contribution < -0.4 is 11.1 Å². The smallest absolute Gasteiger partial charge is 0.243 e. The molecule has 3 N–H and O–H groups in total. The summed E-state index contributed by atoms with van der Waals surface area (Å²) in [5.74, 6) is 1.02. The molecule has 0 unspecified atom stereocenters. The molecule has 0 heterocycles. The number of nitrogens with zero attached hydrogens (tertiary/aromatic N) is 2. The van der Waals surface area contributed by atoms with Gasteiger partial charge in [0.25, 0.3) is 0 Å². The second-order valence-corrected chi connectivity index (χ2v) is 8.57. The van der Waals surface area contributed by atoms with E-state index in [1.165, 1.54) is 4.31 Å². The first-order valence-corrected chi connectivity index (χ1v) is 9.69. The Labute approximate surface area is 169 Å². The van der Waals surface area contributed by atoms with Crippen LogP contribution in [0.5, 0.6) is 0 Å². The Morgan fingerprint density at radius 3 is 2.24 bits per heavy atom. The molecule has 0 spiro atoms. The van der Waals surface area contributed by atoms with Crippen LogP contribution in [-0.4, -0.2) is 38.3 Å². The summed E-state index contributed by atoms with van der Waals surface area (Å²) in [5, 5.41) is 3.07. The molecular formula is C17H31IN4O2S. The van der Waals surface area contributed by atoms with Crippen molar-refractivity contribution in [3.05, 3.63) is 29.8 Å². The van der Waals surface area contributed by atoms with Crippen LogP contribution in [0.1, 0.15) is 39.7 Å². The average Bonchev–Trinajstić information content (AvgIpc) is 2.52. The van der Waals surface area contributed by atoms with Crippen molar-refractivity contribution in [1.29, 1.82) is 0 Å². The van der Waals surface area contributed by atoms with Crippen LogP contribution in [0.4, 0.5) is 0 Å². The highest BCUT2D eigenvalue weighted by Gasteiger charge is 2.22. The Morgan fingerprint density at radius 2 is 1.76 bits per heavy atom. The van der Waals surface area contributed by atoms with Gasteiger partial charge in [-0.05, 0) is 43.9 Å². The number of sulfonamides is 1. The molecule has 0 bridgehead atoms. The van der Waals surface area contributed by atoms with Crippen molar-refractivity contribution in [2.24, 2.45) is 16.6 Å². The molecule has 1 rings (SSSR count). The second kappa shape index (κ2) is 11.0. The van der Waals surface area contributed by atoms with E-state index in [1.807, 2.05) is 13.8 Å². The van der Waals surface area contributed by atoms with Crippen molar-refractivity contribution in [3.63, 3.8) is 0 Å². The maximum absolute atomic E-state index is 12.4. The molecule has 0 amide bonds. The molecule has 0 aliphatic heterocycles. The zero-order valence-electron chi connectivity index (χ0n) is 15.7. The number of rotatable bonds is 8. The lowest BCUT2D eigenvalue weighted by Gasteiger charge is -2.21. The minimum Gasteiger partial charge on any atom is -0.370 e. The Kier molecular flexibility index (Phi) is 10.6. The lowest BCUT2D eigenvalue weighted by atomic mass is 10.1. The highest BCUT2D eigenvalue weighted by Crippen LogP contribution is 2.17. The van der Waals surface area contributed by atoms with Gasteiger partial charge in [0.1, 0.15) is 0 Å². The second-order valence-electron chi connectivity index (χ2n) is 6.57. The summed E-state index contributed by atoms with van der Waals surface area (Å²) in [5.41, 5.74) is 6.73. The molecular weight excluding hydrogens is 451 g/mol. The highest BCUT2D eigenvalue weighted by atomic mass is 127. The van der Waals surface area contributed by atoms with Crippen LogP contribution in [-0.2, 0) is 16.6 Å². The van der Waals surface area contributed by atoms with Crippen LogP contribution in [0.25, 0.3) is 0 Å². The maximum Gasteiger partial charge on any atom is 0.243 e. The number of aliphatic imine (C=N–C) groups is 1. The maximum atomic E-state index is 12.4. The number of hydrogen-bond acceptors (Lipinski definition) is 3. The van der Waals surface area contributed by atoms with Crippen LogP contribution >= 0.6 is 24.0 Å². The van der Waals surface area contributed by atoms with Crippen molar-refractivity contribution >= 4 is 40.0 Å². The summed E-state index contributed by atoms with van der Waals surface area (Å²) >= 11 is 0. The van der Waals surface area contributed by atoms with E-state index in [-0.39, 0.29) is 34.9 Å². The van der Waals surface area contributed by atoms with Crippen molar-refractivity contribution in [2.75, 3.05) is 13.6 Å². The molecule has 8 heteroatoms. The lowest BCUT2D eigenvalue weighted by molar-refractivity contribution is 0.410. The molecule has 25 heavy (non-hydrogen) atoms. The first-order chi connectivity index (χ1) is 11.1. The molecule has 6 nitrogen and oxygen atoms in total. The SMILES string of the molecule is CC(C)CCNC(N)=NCc1ccc(S(=O)(=O)N(C)C(C)C)cc1.I. The minimum absolute atomic E-state index is 0. The number of nitrogens with one attached hydrogen (secondary N) is 1. The van der Waals surface area contributed by atoms with Gasteiger partial charge in [-0.15, -0.1) is 24.0 Å². The van der Waals surface area contributed by atoms with Crippen LogP contribution in [0.2, 0.25) is 0 Å². The summed E-state index contributed by atoms with van der Waals surface area (Å²) in [6, 6.07) is 6.68. The fraction of sp³-hybridized carbons (Fsp3) is 0.588. The van der Waals surface area contributed by atoms with Gasteiger partial charge in [0.05, 0.1) is 11.4 Å². The fourth-order valence-corrected chi connectivity index (χ4v) is 3.30. The molecule has 1 aromatic rings. The third-order valence-electron chi connectivity index (χ3n) is 3.79. The highest BCUT2D eigenvalue weighted by molar-refractivity contribution is 14.0. The summed E-state index contributed by atoms with van der Waals surface area (Å²) in [6.07, 6.45) is 1.03. The summed E-state index contributed by atoms with van der Waals surface area (Å²) in [7, 11) is -1.86. The van der Waals surface area contributed by atoms with E-state index >= 15 is 0 Å². The third-order valence-corrected chi connectivity index (χ3v) is 5.84. The van der Waals surface area contributed by atoms with E-state index in [0.29, 0.717) is 18.4 Å². The topological polar surface area (TPSA) is 87.8 Å². The third kappa shape index (κ3) is 7.91. The summed E-state index contributed by atoms with van der Waals surface area (Å²) in [4.78, 5) is 4.56. The van der Waals surface area contributed by atoms with Crippen LogP contribution in [0.15, 0.2) is 34.2 Å².